The molecule has 3 aromatic heterocycles. The quantitative estimate of drug-likeness (QED) is 0.716. The molecule has 8 heteroatoms. The van der Waals surface area contributed by atoms with Crippen LogP contribution in [0.5, 0.6) is 0 Å². The van der Waals surface area contributed by atoms with Crippen LogP contribution in [0.2, 0.25) is 0 Å². The van der Waals surface area contributed by atoms with Gasteiger partial charge in [0.25, 0.3) is 0 Å². The monoisotopic (exact) mass is 366 g/mol. The average molecular weight is 366 g/mol. The van der Waals surface area contributed by atoms with Gasteiger partial charge in [0.2, 0.25) is 0 Å². The van der Waals surface area contributed by atoms with E-state index in [-0.39, 0.29) is 0 Å². The van der Waals surface area contributed by atoms with E-state index in [0.717, 1.165) is 56.2 Å². The van der Waals surface area contributed by atoms with Gasteiger partial charge in [0.1, 0.15) is 11.6 Å². The van der Waals surface area contributed by atoms with Crippen LogP contribution in [0.25, 0.3) is 0 Å². The summed E-state index contributed by atoms with van der Waals surface area (Å²) in [5.41, 5.74) is 7.09. The molecule has 0 amide bonds. The predicted molar refractivity (Wildman–Crippen MR) is 103 cm³/mol. The summed E-state index contributed by atoms with van der Waals surface area (Å²) >= 11 is 0. The van der Waals surface area contributed by atoms with Crippen LogP contribution in [0.4, 0.5) is 5.82 Å². The van der Waals surface area contributed by atoms with Crippen LogP contribution < -0.4 is 5.73 Å². The summed E-state index contributed by atoms with van der Waals surface area (Å²) < 4.78 is 4.29. The minimum atomic E-state index is 0.455. The Hall–Kier alpha value is -2.74. The molecule has 0 atom stereocenters. The normalized spacial score (nSPS) is 16.0. The highest BCUT2D eigenvalue weighted by atomic mass is 15.3. The first-order valence-electron chi connectivity index (χ1n) is 9.54. The Morgan fingerprint density at radius 1 is 1.15 bits per heavy atom. The van der Waals surface area contributed by atoms with Crippen LogP contribution in [-0.4, -0.2) is 47.3 Å². The van der Waals surface area contributed by atoms with E-state index in [9.17, 15) is 0 Å². The van der Waals surface area contributed by atoms with E-state index in [1.807, 2.05) is 23.2 Å². The highest BCUT2D eigenvalue weighted by Gasteiger charge is 2.26. The topological polar surface area (TPSA) is 90.7 Å². The van der Waals surface area contributed by atoms with Crippen LogP contribution in [-0.2, 0) is 19.6 Å². The van der Waals surface area contributed by atoms with Gasteiger partial charge in [0, 0.05) is 43.2 Å². The predicted octanol–water partition coefficient (Wildman–Crippen LogP) is 1.90. The lowest BCUT2D eigenvalue weighted by Crippen LogP contribution is -2.33. The Morgan fingerprint density at radius 2 is 2.00 bits per heavy atom. The third kappa shape index (κ3) is 3.85. The number of nitrogens with zero attached hydrogens (tertiary/aromatic N) is 7. The summed E-state index contributed by atoms with van der Waals surface area (Å²) in [5, 5.41) is 9.01. The van der Waals surface area contributed by atoms with E-state index in [1.165, 1.54) is 0 Å². The van der Waals surface area contributed by atoms with Crippen molar-refractivity contribution in [2.45, 2.75) is 45.3 Å². The Bertz CT molecular complexity index is 862. The fourth-order valence-electron chi connectivity index (χ4n) is 3.83. The number of likely N-dealkylation sites (tertiary alicyclic amines) is 1. The molecular formula is C19H26N8. The molecule has 4 rings (SSSR count). The molecule has 142 valence electrons. The number of anilines is 1. The number of aromatic nitrogens is 6. The number of pyridine rings is 1. The molecule has 0 aromatic carbocycles. The van der Waals surface area contributed by atoms with Crippen molar-refractivity contribution in [3.63, 3.8) is 0 Å². The van der Waals surface area contributed by atoms with Gasteiger partial charge in [-0.2, -0.15) is 0 Å². The molecule has 8 nitrogen and oxygen atoms in total. The third-order valence-electron chi connectivity index (χ3n) is 5.33. The Labute approximate surface area is 159 Å². The minimum Gasteiger partial charge on any atom is -0.383 e. The maximum absolute atomic E-state index is 5.99. The van der Waals surface area contributed by atoms with Gasteiger partial charge in [-0.05, 0) is 38.9 Å². The molecule has 0 saturated carbocycles. The van der Waals surface area contributed by atoms with Gasteiger partial charge in [-0.25, -0.2) is 9.97 Å². The Kier molecular flexibility index (Phi) is 5.15. The molecule has 0 radical (unpaired) electrons. The molecular weight excluding hydrogens is 340 g/mol. The van der Waals surface area contributed by atoms with Crippen molar-refractivity contribution < 1.29 is 0 Å². The number of nitrogens with two attached hydrogens (primary N) is 1. The van der Waals surface area contributed by atoms with E-state index >= 15 is 0 Å². The van der Waals surface area contributed by atoms with Crippen LogP contribution in [0, 0.1) is 0 Å². The van der Waals surface area contributed by atoms with Gasteiger partial charge in [-0.1, -0.05) is 6.07 Å². The molecule has 0 spiro atoms. The zero-order chi connectivity index (χ0) is 18.6. The van der Waals surface area contributed by atoms with Crippen molar-refractivity contribution in [3.8, 4) is 0 Å². The summed E-state index contributed by atoms with van der Waals surface area (Å²) in [4.78, 5) is 10.7. The second-order valence-electron chi connectivity index (χ2n) is 7.05. The van der Waals surface area contributed by atoms with Crippen molar-refractivity contribution in [2.75, 3.05) is 18.8 Å². The molecule has 2 N–H and O–H groups in total. The molecule has 1 aliphatic rings. The van der Waals surface area contributed by atoms with Gasteiger partial charge < -0.3 is 14.9 Å². The first kappa shape index (κ1) is 17.7. The van der Waals surface area contributed by atoms with Crippen molar-refractivity contribution >= 4 is 5.82 Å². The van der Waals surface area contributed by atoms with E-state index in [4.69, 9.17) is 5.73 Å². The Balaban J connectivity index is 1.41. The van der Waals surface area contributed by atoms with Crippen molar-refractivity contribution in [1.29, 1.82) is 0 Å². The minimum absolute atomic E-state index is 0.455. The van der Waals surface area contributed by atoms with Gasteiger partial charge in [0.05, 0.1) is 12.9 Å². The molecule has 3 aromatic rings. The van der Waals surface area contributed by atoms with Crippen LogP contribution in [0.15, 0.2) is 37.1 Å². The zero-order valence-electron chi connectivity index (χ0n) is 15.7. The van der Waals surface area contributed by atoms with E-state index in [0.29, 0.717) is 18.3 Å². The summed E-state index contributed by atoms with van der Waals surface area (Å²) in [5.74, 6) is 3.20. The summed E-state index contributed by atoms with van der Waals surface area (Å²) in [6.07, 6.45) is 9.48. The van der Waals surface area contributed by atoms with Crippen molar-refractivity contribution in [3.05, 3.63) is 54.3 Å². The maximum atomic E-state index is 5.99. The smallest absolute Gasteiger partial charge is 0.153 e. The molecule has 1 fully saturated rings. The lowest BCUT2D eigenvalue weighted by molar-refractivity contribution is 0.200. The van der Waals surface area contributed by atoms with Crippen LogP contribution >= 0.6 is 0 Å². The molecule has 0 aliphatic carbocycles. The number of hydrogen-bond acceptors (Lipinski definition) is 6. The molecule has 1 saturated heterocycles. The fourth-order valence-corrected chi connectivity index (χ4v) is 3.83. The van der Waals surface area contributed by atoms with E-state index < -0.39 is 0 Å². The first-order valence-corrected chi connectivity index (χ1v) is 9.54. The molecule has 27 heavy (non-hydrogen) atoms. The van der Waals surface area contributed by atoms with Crippen molar-refractivity contribution in [2.24, 2.45) is 0 Å². The summed E-state index contributed by atoms with van der Waals surface area (Å²) in [7, 11) is 0. The van der Waals surface area contributed by atoms with Gasteiger partial charge in [-0.15, -0.1) is 10.2 Å². The molecule has 1 aliphatic heterocycles. The van der Waals surface area contributed by atoms with Crippen LogP contribution in [0.3, 0.4) is 0 Å². The SMILES string of the molecule is CCn1c(Cn2ccnc2)nnc1C1CCN(Cc2cccnc2N)CC1. The van der Waals surface area contributed by atoms with Crippen molar-refractivity contribution in [1.82, 2.24) is 34.2 Å². The fraction of sp³-hybridized carbons (Fsp3) is 0.474. The van der Waals surface area contributed by atoms with Gasteiger partial charge >= 0.3 is 0 Å². The standard InChI is InChI=1S/C19H26N8/c1-2-27-17(13-26-11-8-21-14-26)23-24-19(27)15-5-9-25(10-6-15)12-16-4-3-7-22-18(16)20/h3-4,7-8,11,14-15H,2,5-6,9-10,12-13H2,1H3,(H2,20,22). The van der Waals surface area contributed by atoms with E-state index in [1.54, 1.807) is 12.4 Å². The van der Waals surface area contributed by atoms with Gasteiger partial charge in [0.15, 0.2) is 5.82 Å². The highest BCUT2D eigenvalue weighted by molar-refractivity contribution is 5.38. The van der Waals surface area contributed by atoms with E-state index in [2.05, 4.69) is 42.6 Å². The maximum Gasteiger partial charge on any atom is 0.153 e. The lowest BCUT2D eigenvalue weighted by Gasteiger charge is -2.31. The second-order valence-corrected chi connectivity index (χ2v) is 7.05. The molecule has 4 heterocycles. The number of piperidine rings is 1. The third-order valence-corrected chi connectivity index (χ3v) is 5.33. The number of nitrogen functional groups attached to an aromatic ring is 1. The second kappa shape index (κ2) is 7.87. The Morgan fingerprint density at radius 3 is 2.70 bits per heavy atom. The first-order chi connectivity index (χ1) is 13.2. The van der Waals surface area contributed by atoms with Crippen LogP contribution in [0.1, 0.15) is 42.9 Å². The number of hydrogen-bond donors (Lipinski definition) is 1. The zero-order valence-corrected chi connectivity index (χ0v) is 15.7. The summed E-state index contributed by atoms with van der Waals surface area (Å²) in [6.45, 7) is 6.68. The lowest BCUT2D eigenvalue weighted by atomic mass is 9.95. The largest absolute Gasteiger partial charge is 0.383 e. The number of imidazole rings is 1. The number of rotatable bonds is 6. The average Bonchev–Trinajstić information content (AvgIpc) is 3.34. The van der Waals surface area contributed by atoms with Gasteiger partial charge in [-0.3, -0.25) is 4.90 Å². The molecule has 0 bridgehead atoms. The summed E-state index contributed by atoms with van der Waals surface area (Å²) in [6, 6.07) is 4.01. The molecule has 0 unspecified atom stereocenters. The highest BCUT2D eigenvalue weighted by Crippen LogP contribution is 2.28.